The summed E-state index contributed by atoms with van der Waals surface area (Å²) in [6.07, 6.45) is 3.70. The Labute approximate surface area is 120 Å². The number of hydrogen-bond acceptors (Lipinski definition) is 3. The second-order valence-corrected chi connectivity index (χ2v) is 6.77. The Morgan fingerprint density at radius 2 is 2.32 bits per heavy atom. The average molecular weight is 280 g/mol. The van der Waals surface area contributed by atoms with Gasteiger partial charge in [0.05, 0.1) is 13.1 Å². The third-order valence-corrected chi connectivity index (χ3v) is 4.32. The molecular formula is C15H24N2OS. The van der Waals surface area contributed by atoms with Crippen molar-refractivity contribution in [2.45, 2.75) is 45.7 Å². The maximum atomic E-state index is 12.0. The van der Waals surface area contributed by atoms with Crippen LogP contribution in [0.2, 0.25) is 0 Å². The summed E-state index contributed by atoms with van der Waals surface area (Å²) in [5.74, 6) is 0.861. The van der Waals surface area contributed by atoms with Gasteiger partial charge >= 0.3 is 0 Å². The molecule has 1 saturated carbocycles. The molecule has 4 heteroatoms. The van der Waals surface area contributed by atoms with Gasteiger partial charge in [-0.3, -0.25) is 9.69 Å². The van der Waals surface area contributed by atoms with Gasteiger partial charge in [-0.05, 0) is 43.2 Å². The SMILES string of the molecule is CC(C)CCN(CC(=O)NCc1cccs1)C1CC1. The third-order valence-electron chi connectivity index (χ3n) is 3.44. The van der Waals surface area contributed by atoms with Crippen LogP contribution in [0, 0.1) is 5.92 Å². The number of thiophene rings is 1. The summed E-state index contributed by atoms with van der Waals surface area (Å²) in [6, 6.07) is 4.74. The highest BCUT2D eigenvalue weighted by Gasteiger charge is 2.29. The Morgan fingerprint density at radius 3 is 2.89 bits per heavy atom. The fraction of sp³-hybridized carbons (Fsp3) is 0.667. The van der Waals surface area contributed by atoms with Crippen molar-refractivity contribution < 1.29 is 4.79 Å². The van der Waals surface area contributed by atoms with Crippen molar-refractivity contribution in [2.24, 2.45) is 5.92 Å². The Kier molecular flexibility index (Phi) is 5.40. The molecule has 0 aliphatic heterocycles. The lowest BCUT2D eigenvalue weighted by Gasteiger charge is -2.22. The highest BCUT2D eigenvalue weighted by Crippen LogP contribution is 2.27. The quantitative estimate of drug-likeness (QED) is 0.794. The molecule has 1 aliphatic rings. The summed E-state index contributed by atoms with van der Waals surface area (Å²) in [5, 5.41) is 5.06. The van der Waals surface area contributed by atoms with Crippen LogP contribution in [-0.2, 0) is 11.3 Å². The highest BCUT2D eigenvalue weighted by molar-refractivity contribution is 7.09. The van der Waals surface area contributed by atoms with E-state index in [1.165, 1.54) is 24.1 Å². The van der Waals surface area contributed by atoms with Crippen LogP contribution >= 0.6 is 11.3 Å². The maximum Gasteiger partial charge on any atom is 0.234 e. The Hall–Kier alpha value is -0.870. The van der Waals surface area contributed by atoms with Crippen molar-refractivity contribution in [3.05, 3.63) is 22.4 Å². The fourth-order valence-corrected chi connectivity index (χ4v) is 2.74. The van der Waals surface area contributed by atoms with E-state index in [4.69, 9.17) is 0 Å². The molecule has 0 saturated heterocycles. The van der Waals surface area contributed by atoms with Gasteiger partial charge in [-0.1, -0.05) is 19.9 Å². The van der Waals surface area contributed by atoms with Crippen LogP contribution in [0.25, 0.3) is 0 Å². The normalized spacial score (nSPS) is 15.2. The molecule has 1 aliphatic carbocycles. The summed E-state index contributed by atoms with van der Waals surface area (Å²) in [7, 11) is 0. The van der Waals surface area contributed by atoms with Gasteiger partial charge < -0.3 is 5.32 Å². The molecule has 0 spiro atoms. The van der Waals surface area contributed by atoms with E-state index >= 15 is 0 Å². The molecule has 1 amide bonds. The van der Waals surface area contributed by atoms with Crippen molar-refractivity contribution >= 4 is 17.2 Å². The van der Waals surface area contributed by atoms with Gasteiger partial charge in [0.2, 0.25) is 5.91 Å². The molecule has 2 rings (SSSR count). The molecule has 0 radical (unpaired) electrons. The first-order valence-electron chi connectivity index (χ1n) is 7.18. The van der Waals surface area contributed by atoms with E-state index in [1.54, 1.807) is 11.3 Å². The Balaban J connectivity index is 1.71. The zero-order valence-electron chi connectivity index (χ0n) is 11.9. The lowest BCUT2D eigenvalue weighted by Crippen LogP contribution is -2.39. The van der Waals surface area contributed by atoms with E-state index in [0.717, 1.165) is 6.54 Å². The minimum Gasteiger partial charge on any atom is -0.350 e. The predicted octanol–water partition coefficient (Wildman–Crippen LogP) is 2.87. The molecule has 106 valence electrons. The van der Waals surface area contributed by atoms with E-state index in [1.807, 2.05) is 11.4 Å². The number of hydrogen-bond donors (Lipinski definition) is 1. The van der Waals surface area contributed by atoms with Crippen molar-refractivity contribution in [3.8, 4) is 0 Å². The molecule has 0 bridgehead atoms. The standard InChI is InChI=1S/C15H24N2OS/c1-12(2)7-8-17(13-5-6-13)11-15(18)16-10-14-4-3-9-19-14/h3-4,9,12-13H,5-8,10-11H2,1-2H3,(H,16,18). The lowest BCUT2D eigenvalue weighted by atomic mass is 10.1. The maximum absolute atomic E-state index is 12.0. The van der Waals surface area contributed by atoms with E-state index in [9.17, 15) is 4.79 Å². The second-order valence-electron chi connectivity index (χ2n) is 5.74. The summed E-state index contributed by atoms with van der Waals surface area (Å²) in [4.78, 5) is 15.5. The van der Waals surface area contributed by atoms with Crippen LogP contribution in [0.5, 0.6) is 0 Å². The number of amides is 1. The molecule has 0 aromatic carbocycles. The largest absolute Gasteiger partial charge is 0.350 e. The van der Waals surface area contributed by atoms with Gasteiger partial charge in [0.25, 0.3) is 0 Å². The molecule has 1 aromatic heterocycles. The van der Waals surface area contributed by atoms with Gasteiger partial charge in [-0.25, -0.2) is 0 Å². The molecule has 1 N–H and O–H groups in total. The topological polar surface area (TPSA) is 32.3 Å². The summed E-state index contributed by atoms with van der Waals surface area (Å²) < 4.78 is 0. The molecule has 0 unspecified atom stereocenters. The van der Waals surface area contributed by atoms with Crippen LogP contribution in [0.1, 0.15) is 38.0 Å². The molecule has 1 aromatic rings. The molecular weight excluding hydrogens is 256 g/mol. The minimum atomic E-state index is 0.157. The van der Waals surface area contributed by atoms with Gasteiger partial charge in [-0.2, -0.15) is 0 Å². The van der Waals surface area contributed by atoms with E-state index in [0.29, 0.717) is 25.0 Å². The fourth-order valence-electron chi connectivity index (χ4n) is 2.09. The van der Waals surface area contributed by atoms with Crippen LogP contribution in [0.4, 0.5) is 0 Å². The van der Waals surface area contributed by atoms with E-state index in [-0.39, 0.29) is 5.91 Å². The van der Waals surface area contributed by atoms with Crippen molar-refractivity contribution in [1.29, 1.82) is 0 Å². The summed E-state index contributed by atoms with van der Waals surface area (Å²) in [5.41, 5.74) is 0. The Bertz CT molecular complexity index is 385. The van der Waals surface area contributed by atoms with Crippen LogP contribution in [0.15, 0.2) is 17.5 Å². The minimum absolute atomic E-state index is 0.157. The average Bonchev–Trinajstić information content (AvgIpc) is 3.08. The zero-order chi connectivity index (χ0) is 13.7. The Morgan fingerprint density at radius 1 is 1.53 bits per heavy atom. The molecule has 19 heavy (non-hydrogen) atoms. The van der Waals surface area contributed by atoms with Gasteiger partial charge in [0.15, 0.2) is 0 Å². The van der Waals surface area contributed by atoms with Crippen LogP contribution in [-0.4, -0.2) is 29.9 Å². The van der Waals surface area contributed by atoms with Crippen LogP contribution in [0.3, 0.4) is 0 Å². The number of nitrogens with zero attached hydrogens (tertiary/aromatic N) is 1. The molecule has 3 nitrogen and oxygen atoms in total. The second kappa shape index (κ2) is 7.06. The first-order chi connectivity index (χ1) is 9.15. The number of carbonyl (C=O) groups is 1. The first-order valence-corrected chi connectivity index (χ1v) is 8.06. The molecule has 0 atom stereocenters. The van der Waals surface area contributed by atoms with Crippen molar-refractivity contribution in [2.75, 3.05) is 13.1 Å². The molecule has 1 fully saturated rings. The van der Waals surface area contributed by atoms with E-state index in [2.05, 4.69) is 30.1 Å². The smallest absolute Gasteiger partial charge is 0.234 e. The number of nitrogens with one attached hydrogen (secondary N) is 1. The van der Waals surface area contributed by atoms with Gasteiger partial charge in [-0.15, -0.1) is 11.3 Å². The zero-order valence-corrected chi connectivity index (χ0v) is 12.7. The third kappa shape index (κ3) is 5.33. The van der Waals surface area contributed by atoms with Crippen LogP contribution < -0.4 is 5.32 Å². The lowest BCUT2D eigenvalue weighted by molar-refractivity contribution is -0.122. The van der Waals surface area contributed by atoms with Crippen molar-refractivity contribution in [3.63, 3.8) is 0 Å². The number of rotatable bonds is 8. The predicted molar refractivity (Wildman–Crippen MR) is 80.2 cm³/mol. The van der Waals surface area contributed by atoms with Gasteiger partial charge in [0, 0.05) is 10.9 Å². The highest BCUT2D eigenvalue weighted by atomic mass is 32.1. The molecule has 1 heterocycles. The summed E-state index contributed by atoms with van der Waals surface area (Å²) in [6.45, 7) is 6.75. The monoisotopic (exact) mass is 280 g/mol. The van der Waals surface area contributed by atoms with Gasteiger partial charge in [0.1, 0.15) is 0 Å². The van der Waals surface area contributed by atoms with Crippen molar-refractivity contribution in [1.82, 2.24) is 10.2 Å². The van der Waals surface area contributed by atoms with E-state index < -0.39 is 0 Å². The number of carbonyl (C=O) groups excluding carboxylic acids is 1. The summed E-state index contributed by atoms with van der Waals surface area (Å²) >= 11 is 1.69. The first kappa shape index (κ1) is 14.5.